The summed E-state index contributed by atoms with van der Waals surface area (Å²) in [4.78, 5) is 0. The summed E-state index contributed by atoms with van der Waals surface area (Å²) in [6.07, 6.45) is 0. The number of benzene rings is 1. The fraction of sp³-hybridized carbons (Fsp3) is 0.455. The van der Waals surface area contributed by atoms with Crippen molar-refractivity contribution in [1.82, 2.24) is 0 Å². The van der Waals surface area contributed by atoms with Gasteiger partial charge in [0, 0.05) is 17.2 Å². The SMILES string of the molecule is COc1cc(F)c(C)cc1C(C)(C)N. The van der Waals surface area contributed by atoms with Crippen LogP contribution < -0.4 is 10.5 Å². The molecule has 78 valence electrons. The van der Waals surface area contributed by atoms with Gasteiger partial charge in [-0.25, -0.2) is 4.39 Å². The van der Waals surface area contributed by atoms with Crippen molar-refractivity contribution in [3.63, 3.8) is 0 Å². The number of aryl methyl sites for hydroxylation is 1. The summed E-state index contributed by atoms with van der Waals surface area (Å²) < 4.78 is 18.3. The Bertz CT molecular complexity index is 342. The molecule has 0 atom stereocenters. The number of hydrogen-bond donors (Lipinski definition) is 1. The average Bonchev–Trinajstić information content (AvgIpc) is 2.07. The molecule has 0 amide bonds. The van der Waals surface area contributed by atoms with Crippen molar-refractivity contribution < 1.29 is 9.13 Å². The normalized spacial score (nSPS) is 11.6. The number of nitrogens with two attached hydrogens (primary N) is 1. The van der Waals surface area contributed by atoms with Crippen LogP contribution in [0.3, 0.4) is 0 Å². The first-order valence-corrected chi connectivity index (χ1v) is 4.49. The number of ether oxygens (including phenoxy) is 1. The summed E-state index contributed by atoms with van der Waals surface area (Å²) in [6, 6.07) is 3.10. The number of methoxy groups -OCH3 is 1. The van der Waals surface area contributed by atoms with Crippen LogP contribution in [0, 0.1) is 12.7 Å². The molecule has 0 spiro atoms. The van der Waals surface area contributed by atoms with Crippen molar-refractivity contribution in [3.05, 3.63) is 29.1 Å². The highest BCUT2D eigenvalue weighted by Gasteiger charge is 2.20. The topological polar surface area (TPSA) is 35.2 Å². The molecule has 0 aliphatic heterocycles. The molecule has 0 fully saturated rings. The second-order valence-electron chi connectivity index (χ2n) is 4.02. The maximum absolute atomic E-state index is 13.2. The summed E-state index contributed by atoms with van der Waals surface area (Å²) >= 11 is 0. The van der Waals surface area contributed by atoms with Gasteiger partial charge in [0.1, 0.15) is 11.6 Å². The van der Waals surface area contributed by atoms with Gasteiger partial charge >= 0.3 is 0 Å². The van der Waals surface area contributed by atoms with Crippen LogP contribution >= 0.6 is 0 Å². The Hall–Kier alpha value is -1.09. The lowest BCUT2D eigenvalue weighted by molar-refractivity contribution is 0.390. The molecule has 14 heavy (non-hydrogen) atoms. The predicted octanol–water partition coefficient (Wildman–Crippen LogP) is 2.34. The monoisotopic (exact) mass is 197 g/mol. The van der Waals surface area contributed by atoms with Gasteiger partial charge in [0.05, 0.1) is 7.11 Å². The summed E-state index contributed by atoms with van der Waals surface area (Å²) in [5.41, 5.74) is 6.83. The third kappa shape index (κ3) is 2.04. The quantitative estimate of drug-likeness (QED) is 0.789. The molecule has 1 rings (SSSR count). The van der Waals surface area contributed by atoms with Crippen molar-refractivity contribution in [2.45, 2.75) is 26.3 Å². The van der Waals surface area contributed by atoms with Gasteiger partial charge in [0.2, 0.25) is 0 Å². The van der Waals surface area contributed by atoms with E-state index in [1.807, 2.05) is 13.8 Å². The first-order chi connectivity index (χ1) is 6.36. The molecule has 0 aliphatic carbocycles. The van der Waals surface area contributed by atoms with Crippen LogP contribution in [0.2, 0.25) is 0 Å². The molecule has 1 aromatic carbocycles. The van der Waals surface area contributed by atoms with Crippen LogP contribution in [-0.4, -0.2) is 7.11 Å². The second kappa shape index (κ2) is 3.58. The smallest absolute Gasteiger partial charge is 0.129 e. The third-order valence-corrected chi connectivity index (χ3v) is 2.17. The first-order valence-electron chi connectivity index (χ1n) is 4.49. The van der Waals surface area contributed by atoms with E-state index in [1.54, 1.807) is 13.0 Å². The van der Waals surface area contributed by atoms with Gasteiger partial charge in [-0.1, -0.05) is 0 Å². The summed E-state index contributed by atoms with van der Waals surface area (Å²) in [5, 5.41) is 0. The number of halogens is 1. The van der Waals surface area contributed by atoms with E-state index in [0.717, 1.165) is 5.56 Å². The van der Waals surface area contributed by atoms with Gasteiger partial charge < -0.3 is 10.5 Å². The fourth-order valence-electron chi connectivity index (χ4n) is 1.34. The van der Waals surface area contributed by atoms with Crippen molar-refractivity contribution in [2.24, 2.45) is 5.73 Å². The molecule has 0 heterocycles. The van der Waals surface area contributed by atoms with Crippen molar-refractivity contribution in [2.75, 3.05) is 7.11 Å². The van der Waals surface area contributed by atoms with Crippen LogP contribution in [0.15, 0.2) is 12.1 Å². The molecule has 0 saturated carbocycles. The maximum Gasteiger partial charge on any atom is 0.129 e. The van der Waals surface area contributed by atoms with Crippen LogP contribution in [0.25, 0.3) is 0 Å². The fourth-order valence-corrected chi connectivity index (χ4v) is 1.34. The van der Waals surface area contributed by atoms with E-state index in [2.05, 4.69) is 0 Å². The van der Waals surface area contributed by atoms with Crippen LogP contribution in [0.5, 0.6) is 5.75 Å². The Morgan fingerprint density at radius 1 is 1.36 bits per heavy atom. The lowest BCUT2D eigenvalue weighted by Gasteiger charge is -2.22. The van der Waals surface area contributed by atoms with Crippen LogP contribution in [0.4, 0.5) is 4.39 Å². The highest BCUT2D eigenvalue weighted by atomic mass is 19.1. The van der Waals surface area contributed by atoms with Crippen LogP contribution in [0.1, 0.15) is 25.0 Å². The molecule has 3 heteroatoms. The van der Waals surface area contributed by atoms with Gasteiger partial charge in [0.25, 0.3) is 0 Å². The zero-order chi connectivity index (χ0) is 10.9. The standard InChI is InChI=1S/C11H16FNO/c1-7-5-8(11(2,3)13)10(14-4)6-9(7)12/h5-6H,13H2,1-4H3. The molecule has 0 saturated heterocycles. The van der Waals surface area contributed by atoms with Crippen LogP contribution in [-0.2, 0) is 5.54 Å². The largest absolute Gasteiger partial charge is 0.496 e. The summed E-state index contributed by atoms with van der Waals surface area (Å²) in [6.45, 7) is 5.44. The molecule has 0 aromatic heterocycles. The zero-order valence-electron chi connectivity index (χ0n) is 9.02. The molecule has 0 bridgehead atoms. The van der Waals surface area contributed by atoms with E-state index in [0.29, 0.717) is 11.3 Å². The Morgan fingerprint density at radius 2 is 1.93 bits per heavy atom. The minimum atomic E-state index is -0.524. The van der Waals surface area contributed by atoms with E-state index < -0.39 is 5.54 Å². The van der Waals surface area contributed by atoms with E-state index in [1.165, 1.54) is 13.2 Å². The third-order valence-electron chi connectivity index (χ3n) is 2.17. The van der Waals surface area contributed by atoms with E-state index in [4.69, 9.17) is 10.5 Å². The van der Waals surface area contributed by atoms with Gasteiger partial charge in [-0.3, -0.25) is 0 Å². The average molecular weight is 197 g/mol. The van der Waals surface area contributed by atoms with E-state index in [-0.39, 0.29) is 5.82 Å². The first kappa shape index (κ1) is 11.0. The summed E-state index contributed by atoms with van der Waals surface area (Å²) in [5.74, 6) is 0.232. The highest BCUT2D eigenvalue weighted by molar-refractivity contribution is 5.41. The lowest BCUT2D eigenvalue weighted by Crippen LogP contribution is -2.29. The Morgan fingerprint density at radius 3 is 2.36 bits per heavy atom. The highest BCUT2D eigenvalue weighted by Crippen LogP contribution is 2.29. The van der Waals surface area contributed by atoms with Gasteiger partial charge in [0.15, 0.2) is 0 Å². The second-order valence-corrected chi connectivity index (χ2v) is 4.02. The molecule has 0 radical (unpaired) electrons. The molecule has 0 aliphatic rings. The molecule has 0 unspecified atom stereocenters. The Balaban J connectivity index is 3.35. The van der Waals surface area contributed by atoms with Gasteiger partial charge in [-0.05, 0) is 32.4 Å². The predicted molar refractivity (Wildman–Crippen MR) is 54.9 cm³/mol. The zero-order valence-corrected chi connectivity index (χ0v) is 9.02. The lowest BCUT2D eigenvalue weighted by atomic mass is 9.93. The molecular weight excluding hydrogens is 181 g/mol. The Kier molecular flexibility index (Phi) is 2.81. The number of hydrogen-bond acceptors (Lipinski definition) is 2. The number of rotatable bonds is 2. The molecule has 2 nitrogen and oxygen atoms in total. The van der Waals surface area contributed by atoms with Gasteiger partial charge in [-0.15, -0.1) is 0 Å². The van der Waals surface area contributed by atoms with Crippen molar-refractivity contribution in [3.8, 4) is 5.75 Å². The van der Waals surface area contributed by atoms with E-state index in [9.17, 15) is 4.39 Å². The van der Waals surface area contributed by atoms with E-state index >= 15 is 0 Å². The molecule has 2 N–H and O–H groups in total. The van der Waals surface area contributed by atoms with Crippen molar-refractivity contribution >= 4 is 0 Å². The molecular formula is C11H16FNO. The maximum atomic E-state index is 13.2. The minimum Gasteiger partial charge on any atom is -0.496 e. The summed E-state index contributed by atoms with van der Waals surface area (Å²) in [7, 11) is 1.51. The minimum absolute atomic E-state index is 0.269. The van der Waals surface area contributed by atoms with Crippen molar-refractivity contribution in [1.29, 1.82) is 0 Å². The Labute approximate surface area is 83.9 Å². The van der Waals surface area contributed by atoms with Gasteiger partial charge in [-0.2, -0.15) is 0 Å². The molecule has 1 aromatic rings.